The molecule has 3 nitrogen and oxygen atoms in total. The zero-order chi connectivity index (χ0) is 17.2. The third kappa shape index (κ3) is 4.20. The van der Waals surface area contributed by atoms with E-state index in [-0.39, 0.29) is 38.8 Å². The molecular weight excluding hydrogens is 385 g/mol. The van der Waals surface area contributed by atoms with Crippen LogP contribution >= 0.6 is 0 Å². The maximum atomic E-state index is 13.4. The number of likely N-dealkylation sites (tertiary alicyclic amines) is 1. The summed E-state index contributed by atoms with van der Waals surface area (Å²) in [5.41, 5.74) is 3.60. The molecule has 1 radical (unpaired) electrons. The van der Waals surface area contributed by atoms with Crippen molar-refractivity contribution in [3.05, 3.63) is 29.3 Å². The van der Waals surface area contributed by atoms with E-state index >= 15 is 0 Å². The van der Waals surface area contributed by atoms with Gasteiger partial charge in [-0.3, -0.25) is 4.79 Å². The molecule has 2 aliphatic rings. The quantitative estimate of drug-likeness (QED) is 0.674. The van der Waals surface area contributed by atoms with Crippen molar-refractivity contribution in [1.82, 2.24) is 0 Å². The van der Waals surface area contributed by atoms with Crippen molar-refractivity contribution in [1.29, 1.82) is 0 Å². The zero-order valence-corrected chi connectivity index (χ0v) is 19.1. The summed E-state index contributed by atoms with van der Waals surface area (Å²) < 4.78 is 1.03. The molecule has 1 unspecified atom stereocenters. The standard InChI is InChI=1S/C21H33N2O.Y/c1-4-23(15-8-6-5-7-9-16-23)19-13-14-22(21(19)24)20-17(2)11-10-12-18(20)3;/h10-12,19H,4-9,13-16H2,1-3H3;/q+1;. The Hall–Kier alpha value is -0.246. The smallest absolute Gasteiger partial charge is 0.285 e. The minimum absolute atomic E-state index is 0. The van der Waals surface area contributed by atoms with E-state index in [4.69, 9.17) is 0 Å². The Morgan fingerprint density at radius 3 is 2.16 bits per heavy atom. The Labute approximate surface area is 178 Å². The fourth-order valence-electron chi connectivity index (χ4n) is 4.97. The van der Waals surface area contributed by atoms with Crippen LogP contribution in [0.25, 0.3) is 0 Å². The Balaban J connectivity index is 0.00000225. The third-order valence-corrected chi connectivity index (χ3v) is 6.38. The van der Waals surface area contributed by atoms with E-state index in [0.717, 1.165) is 29.7 Å². The van der Waals surface area contributed by atoms with Crippen molar-refractivity contribution in [3.63, 3.8) is 0 Å². The first-order valence-electron chi connectivity index (χ1n) is 9.82. The number of hydrogen-bond acceptors (Lipinski definition) is 1. The fourth-order valence-corrected chi connectivity index (χ4v) is 4.97. The second-order valence-corrected chi connectivity index (χ2v) is 7.78. The van der Waals surface area contributed by atoms with Crippen LogP contribution < -0.4 is 4.90 Å². The van der Waals surface area contributed by atoms with Crippen LogP contribution in [0.15, 0.2) is 18.2 Å². The van der Waals surface area contributed by atoms with Gasteiger partial charge in [-0.1, -0.05) is 24.6 Å². The second-order valence-electron chi connectivity index (χ2n) is 7.78. The number of amides is 1. The average Bonchev–Trinajstić information content (AvgIpc) is 2.90. The normalized spacial score (nSPS) is 23.7. The van der Waals surface area contributed by atoms with Crippen LogP contribution in [-0.2, 0) is 37.5 Å². The molecule has 1 aromatic rings. The van der Waals surface area contributed by atoms with E-state index in [0.29, 0.717) is 5.91 Å². The molecule has 0 aliphatic carbocycles. The van der Waals surface area contributed by atoms with E-state index in [2.05, 4.69) is 43.9 Å². The van der Waals surface area contributed by atoms with E-state index in [1.54, 1.807) is 0 Å². The first-order chi connectivity index (χ1) is 11.6. The maximum Gasteiger partial charge on any atom is 0.285 e. The molecular formula is C21H33N2OY+. The van der Waals surface area contributed by atoms with Crippen LogP contribution in [0.1, 0.15) is 56.6 Å². The molecule has 25 heavy (non-hydrogen) atoms. The van der Waals surface area contributed by atoms with Gasteiger partial charge in [0, 0.05) is 51.4 Å². The number of nitrogens with zero attached hydrogens (tertiary/aromatic N) is 2. The van der Waals surface area contributed by atoms with Gasteiger partial charge in [-0.2, -0.15) is 0 Å². The summed E-state index contributed by atoms with van der Waals surface area (Å²) in [5, 5.41) is 0. The van der Waals surface area contributed by atoms with Gasteiger partial charge in [-0.25, -0.2) is 0 Å². The summed E-state index contributed by atoms with van der Waals surface area (Å²) >= 11 is 0. The van der Waals surface area contributed by atoms with Crippen LogP contribution in [0, 0.1) is 13.8 Å². The molecule has 0 bridgehead atoms. The van der Waals surface area contributed by atoms with Gasteiger partial charge in [0.15, 0.2) is 6.04 Å². The van der Waals surface area contributed by atoms with Crippen LogP contribution in [-0.4, -0.2) is 42.6 Å². The summed E-state index contributed by atoms with van der Waals surface area (Å²) in [5.74, 6) is 0.370. The largest absolute Gasteiger partial charge is 0.314 e. The fraction of sp³-hybridized carbons (Fsp3) is 0.667. The first kappa shape index (κ1) is 21.1. The number of aryl methyl sites for hydroxylation is 2. The van der Waals surface area contributed by atoms with Gasteiger partial charge < -0.3 is 9.38 Å². The van der Waals surface area contributed by atoms with E-state index in [1.165, 1.54) is 56.3 Å². The van der Waals surface area contributed by atoms with Gasteiger partial charge >= 0.3 is 0 Å². The maximum absolute atomic E-state index is 13.4. The van der Waals surface area contributed by atoms with Crippen molar-refractivity contribution in [2.75, 3.05) is 31.1 Å². The SMILES string of the molecule is CC[N+]1(C2CCN(c3c(C)cccc3C)C2=O)CCCCCCC1.[Y]. The Morgan fingerprint density at radius 2 is 1.60 bits per heavy atom. The number of quaternary nitrogens is 1. The predicted octanol–water partition coefficient (Wildman–Crippen LogP) is 4.21. The van der Waals surface area contributed by atoms with Crippen LogP contribution in [0.4, 0.5) is 5.69 Å². The number of carbonyl (C=O) groups is 1. The first-order valence-corrected chi connectivity index (χ1v) is 9.82. The molecule has 0 aromatic heterocycles. The number of hydrogen-bond donors (Lipinski definition) is 0. The molecule has 0 spiro atoms. The third-order valence-electron chi connectivity index (χ3n) is 6.38. The van der Waals surface area contributed by atoms with Crippen molar-refractivity contribution in [2.24, 2.45) is 0 Å². The zero-order valence-electron chi connectivity index (χ0n) is 16.3. The summed E-state index contributed by atoms with van der Waals surface area (Å²) in [6.07, 6.45) is 7.61. The van der Waals surface area contributed by atoms with Crippen molar-refractivity contribution in [3.8, 4) is 0 Å². The minimum Gasteiger partial charge on any atom is -0.314 e. The van der Waals surface area contributed by atoms with Crippen molar-refractivity contribution < 1.29 is 42.0 Å². The summed E-state index contributed by atoms with van der Waals surface area (Å²) in [6, 6.07) is 6.52. The Kier molecular flexibility index (Phi) is 7.67. The van der Waals surface area contributed by atoms with Gasteiger partial charge in [0.2, 0.25) is 0 Å². The van der Waals surface area contributed by atoms with Gasteiger partial charge in [0.05, 0.1) is 19.6 Å². The van der Waals surface area contributed by atoms with Crippen LogP contribution in [0.3, 0.4) is 0 Å². The molecule has 2 aliphatic heterocycles. The molecule has 2 saturated heterocycles. The van der Waals surface area contributed by atoms with Gasteiger partial charge in [-0.05, 0) is 57.6 Å². The molecule has 3 rings (SSSR count). The summed E-state index contributed by atoms with van der Waals surface area (Å²) in [6.45, 7) is 10.9. The van der Waals surface area contributed by atoms with Crippen LogP contribution in [0.5, 0.6) is 0 Å². The number of benzene rings is 1. The Bertz CT molecular complexity index is 573. The monoisotopic (exact) mass is 418 g/mol. The molecule has 0 N–H and O–H groups in total. The number of carbonyl (C=O) groups excluding carboxylic acids is 1. The molecule has 0 saturated carbocycles. The number of likely N-dealkylation sites (N-methyl/N-ethyl adjacent to an activating group) is 1. The molecule has 4 heteroatoms. The van der Waals surface area contributed by atoms with E-state index < -0.39 is 0 Å². The van der Waals surface area contributed by atoms with Gasteiger partial charge in [0.25, 0.3) is 5.91 Å². The number of para-hydroxylation sites is 1. The average molecular weight is 418 g/mol. The molecule has 2 heterocycles. The van der Waals surface area contributed by atoms with Crippen molar-refractivity contribution >= 4 is 11.6 Å². The molecule has 1 amide bonds. The van der Waals surface area contributed by atoms with E-state index in [9.17, 15) is 4.79 Å². The number of rotatable bonds is 3. The molecule has 1 atom stereocenters. The van der Waals surface area contributed by atoms with Gasteiger partial charge in [0.1, 0.15) is 0 Å². The summed E-state index contributed by atoms with van der Waals surface area (Å²) in [4.78, 5) is 15.5. The topological polar surface area (TPSA) is 20.3 Å². The second kappa shape index (κ2) is 9.10. The van der Waals surface area contributed by atoms with E-state index in [1.807, 2.05) is 0 Å². The number of anilines is 1. The van der Waals surface area contributed by atoms with Crippen molar-refractivity contribution in [2.45, 2.75) is 65.3 Å². The van der Waals surface area contributed by atoms with Gasteiger partial charge in [-0.15, -0.1) is 0 Å². The minimum atomic E-state index is 0. The molecule has 1 aromatic carbocycles. The molecule has 2 fully saturated rings. The van der Waals surface area contributed by atoms with Crippen LogP contribution in [0.2, 0.25) is 0 Å². The molecule has 135 valence electrons. The predicted molar refractivity (Wildman–Crippen MR) is 100 cm³/mol. The Morgan fingerprint density at radius 1 is 1.04 bits per heavy atom. The summed E-state index contributed by atoms with van der Waals surface area (Å²) in [7, 11) is 0.